The average molecular weight is 355 g/mol. The molecule has 2 N–H and O–H groups in total. The molecule has 2 rings (SSSR count). The Morgan fingerprint density at radius 1 is 1.38 bits per heavy atom. The summed E-state index contributed by atoms with van der Waals surface area (Å²) in [6, 6.07) is 7.40. The van der Waals surface area contributed by atoms with Crippen molar-refractivity contribution in [3.63, 3.8) is 0 Å². The number of nitrogens with one attached hydrogen (secondary N) is 2. The summed E-state index contributed by atoms with van der Waals surface area (Å²) in [4.78, 5) is 23.3. The average Bonchev–Trinajstić information content (AvgIpc) is 2.54. The molecule has 0 aromatic heterocycles. The fraction of sp³-hybridized carbons (Fsp3) is 0.556. The molecule has 6 heteroatoms. The Morgan fingerprint density at radius 2 is 2.17 bits per heavy atom. The lowest BCUT2D eigenvalue weighted by atomic mass is 9.95. The number of ketones is 1. The van der Waals surface area contributed by atoms with E-state index in [1.165, 1.54) is 6.92 Å². The molecule has 0 radical (unpaired) electrons. The van der Waals surface area contributed by atoms with Crippen molar-refractivity contribution in [3.05, 3.63) is 29.8 Å². The molecule has 1 aliphatic heterocycles. The maximum atomic E-state index is 12.0. The molecule has 5 nitrogen and oxygen atoms in total. The molecule has 2 unspecified atom stereocenters. The maximum Gasteiger partial charge on any atom is 0.220 e. The van der Waals surface area contributed by atoms with Gasteiger partial charge in [-0.3, -0.25) is 9.59 Å². The van der Waals surface area contributed by atoms with Gasteiger partial charge in [0.05, 0.1) is 6.61 Å². The van der Waals surface area contributed by atoms with E-state index in [1.807, 2.05) is 6.07 Å². The van der Waals surface area contributed by atoms with Crippen molar-refractivity contribution in [3.8, 4) is 5.75 Å². The third kappa shape index (κ3) is 6.49. The predicted molar refractivity (Wildman–Crippen MR) is 97.0 cm³/mol. The summed E-state index contributed by atoms with van der Waals surface area (Å²) < 4.78 is 5.62. The number of carbonyl (C=O) groups excluding carboxylic acids is 2. The van der Waals surface area contributed by atoms with E-state index in [-0.39, 0.29) is 30.1 Å². The summed E-state index contributed by atoms with van der Waals surface area (Å²) in [5.74, 6) is 1.25. The Morgan fingerprint density at radius 3 is 2.88 bits per heavy atom. The van der Waals surface area contributed by atoms with Crippen LogP contribution in [-0.2, 0) is 4.79 Å². The summed E-state index contributed by atoms with van der Waals surface area (Å²) in [6.07, 6.45) is 2.11. The second kappa shape index (κ2) is 10.3. The minimum absolute atomic E-state index is 0. The SMILES string of the molecule is CC(=O)c1cccc(OCCCC(=O)NC2CCNCC2C)c1.Cl. The number of hydrogen-bond acceptors (Lipinski definition) is 4. The highest BCUT2D eigenvalue weighted by Gasteiger charge is 2.22. The number of rotatable bonds is 7. The summed E-state index contributed by atoms with van der Waals surface area (Å²) in [5, 5.41) is 6.44. The number of amides is 1. The number of halogens is 1. The zero-order valence-electron chi connectivity index (χ0n) is 14.3. The zero-order chi connectivity index (χ0) is 16.7. The quantitative estimate of drug-likeness (QED) is 0.583. The van der Waals surface area contributed by atoms with Crippen LogP contribution in [0.5, 0.6) is 5.75 Å². The van der Waals surface area contributed by atoms with E-state index in [0.29, 0.717) is 36.7 Å². The highest BCUT2D eigenvalue weighted by molar-refractivity contribution is 5.94. The van der Waals surface area contributed by atoms with Crippen LogP contribution in [-0.4, -0.2) is 37.4 Å². The third-order valence-electron chi connectivity index (χ3n) is 4.19. The number of benzene rings is 1. The monoisotopic (exact) mass is 354 g/mol. The first kappa shape index (κ1) is 20.5. The lowest BCUT2D eigenvalue weighted by molar-refractivity contribution is -0.122. The lowest BCUT2D eigenvalue weighted by Crippen LogP contribution is -2.48. The molecule has 1 amide bonds. The van der Waals surface area contributed by atoms with Gasteiger partial charge in [-0.15, -0.1) is 12.4 Å². The van der Waals surface area contributed by atoms with E-state index in [2.05, 4.69) is 17.6 Å². The molecule has 0 aliphatic carbocycles. The summed E-state index contributed by atoms with van der Waals surface area (Å²) in [6.45, 7) is 6.08. The van der Waals surface area contributed by atoms with Gasteiger partial charge in [0.2, 0.25) is 5.91 Å². The molecule has 2 atom stereocenters. The van der Waals surface area contributed by atoms with E-state index >= 15 is 0 Å². The van der Waals surface area contributed by atoms with E-state index < -0.39 is 0 Å². The van der Waals surface area contributed by atoms with Crippen LogP contribution in [0.15, 0.2) is 24.3 Å². The Balaban J connectivity index is 0.00000288. The van der Waals surface area contributed by atoms with E-state index in [4.69, 9.17) is 4.74 Å². The fourth-order valence-corrected chi connectivity index (χ4v) is 2.74. The van der Waals surface area contributed by atoms with Crippen LogP contribution in [0.25, 0.3) is 0 Å². The van der Waals surface area contributed by atoms with Crippen molar-refractivity contribution < 1.29 is 14.3 Å². The highest BCUT2D eigenvalue weighted by atomic mass is 35.5. The number of piperidine rings is 1. The van der Waals surface area contributed by atoms with Crippen LogP contribution in [0.3, 0.4) is 0 Å². The van der Waals surface area contributed by atoms with Gasteiger partial charge >= 0.3 is 0 Å². The van der Waals surface area contributed by atoms with Gasteiger partial charge in [0.1, 0.15) is 5.75 Å². The molecular weight excluding hydrogens is 328 g/mol. The smallest absolute Gasteiger partial charge is 0.220 e. The number of Topliss-reactive ketones (excluding diaryl/α,β-unsaturated/α-hetero) is 1. The summed E-state index contributed by atoms with van der Waals surface area (Å²) in [7, 11) is 0. The second-order valence-electron chi connectivity index (χ2n) is 6.18. The minimum atomic E-state index is 0. The van der Waals surface area contributed by atoms with Crippen LogP contribution < -0.4 is 15.4 Å². The lowest BCUT2D eigenvalue weighted by Gasteiger charge is -2.30. The van der Waals surface area contributed by atoms with Gasteiger partial charge in [-0.2, -0.15) is 0 Å². The molecule has 0 spiro atoms. The minimum Gasteiger partial charge on any atom is -0.494 e. The Labute approximate surface area is 149 Å². The fourth-order valence-electron chi connectivity index (χ4n) is 2.74. The number of ether oxygens (including phenoxy) is 1. The molecular formula is C18H27ClN2O3. The van der Waals surface area contributed by atoms with Crippen LogP contribution in [0, 0.1) is 5.92 Å². The first-order chi connectivity index (χ1) is 11.1. The largest absolute Gasteiger partial charge is 0.494 e. The van der Waals surface area contributed by atoms with E-state index in [0.717, 1.165) is 19.5 Å². The van der Waals surface area contributed by atoms with Gasteiger partial charge in [0.15, 0.2) is 5.78 Å². The van der Waals surface area contributed by atoms with Crippen molar-refractivity contribution in [2.24, 2.45) is 5.92 Å². The third-order valence-corrected chi connectivity index (χ3v) is 4.19. The van der Waals surface area contributed by atoms with E-state index in [9.17, 15) is 9.59 Å². The normalized spacial score (nSPS) is 19.9. The standard InChI is InChI=1S/C18H26N2O3.ClH/c1-13-12-19-9-8-17(13)20-18(22)7-4-10-23-16-6-3-5-15(11-16)14(2)21;/h3,5-6,11,13,17,19H,4,7-10,12H2,1-2H3,(H,20,22);1H. The van der Waals surface area contributed by atoms with E-state index in [1.54, 1.807) is 18.2 Å². The molecule has 134 valence electrons. The van der Waals surface area contributed by atoms with Gasteiger partial charge in [-0.05, 0) is 50.9 Å². The van der Waals surface area contributed by atoms with Crippen LogP contribution in [0.1, 0.15) is 43.5 Å². The predicted octanol–water partition coefficient (Wildman–Crippen LogP) is 2.58. The number of carbonyl (C=O) groups is 2. The van der Waals surface area contributed by atoms with Gasteiger partial charge in [-0.1, -0.05) is 19.1 Å². The van der Waals surface area contributed by atoms with Crippen molar-refractivity contribution in [1.82, 2.24) is 10.6 Å². The molecule has 24 heavy (non-hydrogen) atoms. The summed E-state index contributed by atoms with van der Waals surface area (Å²) >= 11 is 0. The topological polar surface area (TPSA) is 67.4 Å². The van der Waals surface area contributed by atoms with Gasteiger partial charge in [-0.25, -0.2) is 0 Å². The molecule has 1 aliphatic rings. The summed E-state index contributed by atoms with van der Waals surface area (Å²) in [5.41, 5.74) is 0.639. The highest BCUT2D eigenvalue weighted by Crippen LogP contribution is 2.14. The Hall–Kier alpha value is -1.59. The second-order valence-corrected chi connectivity index (χ2v) is 6.18. The molecule has 0 bridgehead atoms. The Bertz CT molecular complexity index is 551. The molecule has 0 saturated carbocycles. The number of hydrogen-bond donors (Lipinski definition) is 2. The van der Waals surface area contributed by atoms with Gasteiger partial charge < -0.3 is 15.4 Å². The Kier molecular flexibility index (Phi) is 8.79. The molecule has 1 saturated heterocycles. The van der Waals surface area contributed by atoms with Gasteiger partial charge in [0, 0.05) is 18.0 Å². The van der Waals surface area contributed by atoms with Crippen LogP contribution in [0.4, 0.5) is 0 Å². The van der Waals surface area contributed by atoms with Crippen molar-refractivity contribution >= 4 is 24.1 Å². The van der Waals surface area contributed by atoms with Gasteiger partial charge in [0.25, 0.3) is 0 Å². The van der Waals surface area contributed by atoms with Crippen molar-refractivity contribution in [2.75, 3.05) is 19.7 Å². The van der Waals surface area contributed by atoms with Crippen LogP contribution >= 0.6 is 12.4 Å². The maximum absolute atomic E-state index is 12.0. The first-order valence-electron chi connectivity index (χ1n) is 8.30. The molecule has 1 fully saturated rings. The van der Waals surface area contributed by atoms with Crippen molar-refractivity contribution in [2.45, 2.75) is 39.2 Å². The molecule has 1 aromatic carbocycles. The zero-order valence-corrected chi connectivity index (χ0v) is 15.2. The molecule has 1 aromatic rings. The van der Waals surface area contributed by atoms with Crippen molar-refractivity contribution in [1.29, 1.82) is 0 Å². The van der Waals surface area contributed by atoms with Crippen LogP contribution in [0.2, 0.25) is 0 Å². The molecule has 1 heterocycles. The first-order valence-corrected chi connectivity index (χ1v) is 8.30.